The highest BCUT2D eigenvalue weighted by Gasteiger charge is 2.51. The van der Waals surface area contributed by atoms with Gasteiger partial charge >= 0.3 is 7.12 Å². The SMILES string of the molecule is CC1(C)OB(c2ccc(OC[C@@H]3CCNC3)cc2)OC1(C)C. The zero-order chi connectivity index (χ0) is 15.8. The third-order valence-electron chi connectivity index (χ3n) is 5.05. The average molecular weight is 303 g/mol. The highest BCUT2D eigenvalue weighted by atomic mass is 16.7. The van der Waals surface area contributed by atoms with Crippen LogP contribution in [0.3, 0.4) is 0 Å². The number of benzene rings is 1. The lowest BCUT2D eigenvalue weighted by Crippen LogP contribution is -2.41. The van der Waals surface area contributed by atoms with Gasteiger partial charge in [-0.1, -0.05) is 12.1 Å². The van der Waals surface area contributed by atoms with Gasteiger partial charge in [-0.05, 0) is 58.3 Å². The van der Waals surface area contributed by atoms with Crippen molar-refractivity contribution >= 4 is 12.6 Å². The van der Waals surface area contributed by atoms with Crippen molar-refractivity contribution in [1.29, 1.82) is 0 Å². The zero-order valence-electron chi connectivity index (χ0n) is 14.0. The van der Waals surface area contributed by atoms with Gasteiger partial charge in [-0.2, -0.15) is 0 Å². The maximum Gasteiger partial charge on any atom is 0.494 e. The van der Waals surface area contributed by atoms with Crippen molar-refractivity contribution in [2.24, 2.45) is 5.92 Å². The average Bonchev–Trinajstić information content (AvgIpc) is 3.04. The molecular formula is C17H26BNO3. The van der Waals surface area contributed by atoms with E-state index < -0.39 is 0 Å². The maximum atomic E-state index is 6.06. The molecule has 2 fully saturated rings. The van der Waals surface area contributed by atoms with Crippen molar-refractivity contribution in [3.8, 4) is 5.75 Å². The first-order valence-electron chi connectivity index (χ1n) is 8.16. The van der Waals surface area contributed by atoms with E-state index in [1.807, 2.05) is 24.3 Å². The van der Waals surface area contributed by atoms with Gasteiger partial charge in [0, 0.05) is 12.5 Å². The molecule has 1 N–H and O–H groups in total. The van der Waals surface area contributed by atoms with Crippen molar-refractivity contribution in [3.63, 3.8) is 0 Å². The van der Waals surface area contributed by atoms with Gasteiger partial charge in [0.05, 0.1) is 17.8 Å². The summed E-state index contributed by atoms with van der Waals surface area (Å²) >= 11 is 0. The van der Waals surface area contributed by atoms with E-state index in [0.717, 1.165) is 30.9 Å². The van der Waals surface area contributed by atoms with E-state index in [0.29, 0.717) is 5.92 Å². The predicted molar refractivity (Wildman–Crippen MR) is 88.6 cm³/mol. The predicted octanol–water partition coefficient (Wildman–Crippen LogP) is 1.97. The monoisotopic (exact) mass is 303 g/mol. The smallest absolute Gasteiger partial charge is 0.493 e. The van der Waals surface area contributed by atoms with Crippen LogP contribution < -0.4 is 15.5 Å². The fourth-order valence-electron chi connectivity index (χ4n) is 2.77. The van der Waals surface area contributed by atoms with E-state index in [1.54, 1.807) is 0 Å². The Hall–Kier alpha value is -1.04. The van der Waals surface area contributed by atoms with E-state index in [1.165, 1.54) is 6.42 Å². The molecule has 2 saturated heterocycles. The van der Waals surface area contributed by atoms with Crippen LogP contribution in [-0.4, -0.2) is 38.0 Å². The molecule has 2 aliphatic rings. The van der Waals surface area contributed by atoms with Crippen molar-refractivity contribution in [3.05, 3.63) is 24.3 Å². The fourth-order valence-corrected chi connectivity index (χ4v) is 2.77. The molecule has 3 rings (SSSR count). The molecular weight excluding hydrogens is 277 g/mol. The molecule has 0 radical (unpaired) electrons. The highest BCUT2D eigenvalue weighted by Crippen LogP contribution is 2.36. The topological polar surface area (TPSA) is 39.7 Å². The standard InChI is InChI=1S/C17H26BNO3/c1-16(2)17(3,4)22-18(21-16)14-5-7-15(8-6-14)20-12-13-9-10-19-11-13/h5-8,13,19H,9-12H2,1-4H3/t13-/m1/s1. The largest absolute Gasteiger partial charge is 0.494 e. The summed E-state index contributed by atoms with van der Waals surface area (Å²) in [7, 11) is -0.307. The molecule has 2 heterocycles. The Morgan fingerprint density at radius 2 is 1.77 bits per heavy atom. The summed E-state index contributed by atoms with van der Waals surface area (Å²) in [6.07, 6.45) is 1.20. The molecule has 1 aromatic rings. The molecule has 0 bridgehead atoms. The highest BCUT2D eigenvalue weighted by molar-refractivity contribution is 6.62. The van der Waals surface area contributed by atoms with Crippen LogP contribution in [0.2, 0.25) is 0 Å². The quantitative estimate of drug-likeness (QED) is 0.863. The molecule has 1 aromatic carbocycles. The molecule has 1 atom stereocenters. The molecule has 22 heavy (non-hydrogen) atoms. The minimum absolute atomic E-state index is 0.303. The van der Waals surface area contributed by atoms with Gasteiger partial charge in [0.25, 0.3) is 0 Å². The molecule has 0 amide bonds. The van der Waals surface area contributed by atoms with Gasteiger partial charge in [0.2, 0.25) is 0 Å². The summed E-state index contributed by atoms with van der Waals surface area (Å²) in [6, 6.07) is 8.07. The van der Waals surface area contributed by atoms with Crippen LogP contribution >= 0.6 is 0 Å². The second kappa shape index (κ2) is 5.87. The number of rotatable bonds is 4. The summed E-state index contributed by atoms with van der Waals surface area (Å²) in [5.74, 6) is 1.54. The Morgan fingerprint density at radius 1 is 1.14 bits per heavy atom. The summed E-state index contributed by atoms with van der Waals surface area (Å²) in [6.45, 7) is 11.2. The third kappa shape index (κ3) is 3.17. The third-order valence-corrected chi connectivity index (χ3v) is 5.05. The van der Waals surface area contributed by atoms with Crippen LogP contribution in [-0.2, 0) is 9.31 Å². The summed E-state index contributed by atoms with van der Waals surface area (Å²) in [4.78, 5) is 0. The van der Waals surface area contributed by atoms with Gasteiger partial charge in [-0.15, -0.1) is 0 Å². The van der Waals surface area contributed by atoms with Gasteiger partial charge in [-0.25, -0.2) is 0 Å². The minimum Gasteiger partial charge on any atom is -0.493 e. The van der Waals surface area contributed by atoms with E-state index >= 15 is 0 Å². The molecule has 0 unspecified atom stereocenters. The van der Waals surface area contributed by atoms with E-state index in [9.17, 15) is 0 Å². The van der Waals surface area contributed by atoms with Gasteiger partial charge in [-0.3, -0.25) is 0 Å². The summed E-state index contributed by atoms with van der Waals surface area (Å²) in [5.41, 5.74) is 0.429. The first kappa shape index (κ1) is 15.8. The molecule has 2 aliphatic heterocycles. The molecule has 0 aromatic heterocycles. The molecule has 0 saturated carbocycles. The van der Waals surface area contributed by atoms with Crippen LogP contribution in [0.25, 0.3) is 0 Å². The van der Waals surface area contributed by atoms with E-state index in [2.05, 4.69) is 33.0 Å². The maximum absolute atomic E-state index is 6.06. The molecule has 5 heteroatoms. The lowest BCUT2D eigenvalue weighted by molar-refractivity contribution is 0.00578. The fraction of sp³-hybridized carbons (Fsp3) is 0.647. The van der Waals surface area contributed by atoms with Crippen molar-refractivity contribution < 1.29 is 14.0 Å². The molecule has 0 spiro atoms. The second-order valence-electron chi connectivity index (χ2n) is 7.33. The van der Waals surface area contributed by atoms with Crippen LogP contribution in [0.1, 0.15) is 34.1 Å². The Kier molecular flexibility index (Phi) is 4.23. The van der Waals surface area contributed by atoms with Crippen molar-refractivity contribution in [2.45, 2.75) is 45.3 Å². The summed E-state index contributed by atoms with van der Waals surface area (Å²) < 4.78 is 18.0. The number of hydrogen-bond donors (Lipinski definition) is 1. The number of hydrogen-bond acceptors (Lipinski definition) is 4. The summed E-state index contributed by atoms with van der Waals surface area (Å²) in [5, 5.41) is 3.36. The second-order valence-corrected chi connectivity index (χ2v) is 7.33. The lowest BCUT2D eigenvalue weighted by Gasteiger charge is -2.32. The van der Waals surface area contributed by atoms with Crippen LogP contribution in [0.5, 0.6) is 5.75 Å². The lowest BCUT2D eigenvalue weighted by atomic mass is 9.79. The Labute approximate surface area is 133 Å². The van der Waals surface area contributed by atoms with Gasteiger partial charge in [0.1, 0.15) is 5.75 Å². The van der Waals surface area contributed by atoms with Gasteiger partial charge in [0.15, 0.2) is 0 Å². The normalized spacial score (nSPS) is 26.4. The number of ether oxygens (including phenoxy) is 1. The zero-order valence-corrected chi connectivity index (χ0v) is 14.0. The molecule has 4 nitrogen and oxygen atoms in total. The Morgan fingerprint density at radius 3 is 2.32 bits per heavy atom. The van der Waals surface area contributed by atoms with Crippen LogP contribution in [0.4, 0.5) is 0 Å². The van der Waals surface area contributed by atoms with Crippen molar-refractivity contribution in [2.75, 3.05) is 19.7 Å². The van der Waals surface area contributed by atoms with Crippen LogP contribution in [0, 0.1) is 5.92 Å². The molecule has 0 aliphatic carbocycles. The van der Waals surface area contributed by atoms with Crippen molar-refractivity contribution in [1.82, 2.24) is 5.32 Å². The first-order valence-corrected chi connectivity index (χ1v) is 8.16. The minimum atomic E-state index is -0.307. The Bertz CT molecular complexity index is 493. The van der Waals surface area contributed by atoms with Crippen LogP contribution in [0.15, 0.2) is 24.3 Å². The Balaban J connectivity index is 1.60. The molecule has 120 valence electrons. The van der Waals surface area contributed by atoms with E-state index in [4.69, 9.17) is 14.0 Å². The van der Waals surface area contributed by atoms with E-state index in [-0.39, 0.29) is 18.3 Å². The number of nitrogens with one attached hydrogen (secondary N) is 1. The first-order chi connectivity index (χ1) is 10.4. The van der Waals surface area contributed by atoms with Gasteiger partial charge < -0.3 is 19.4 Å².